The molecule has 2 nitrogen and oxygen atoms in total. The summed E-state index contributed by atoms with van der Waals surface area (Å²) in [6.45, 7) is 6.92. The minimum atomic E-state index is -4.26. The summed E-state index contributed by atoms with van der Waals surface area (Å²) in [5.74, 6) is 0. The van der Waals surface area contributed by atoms with Gasteiger partial charge in [0.2, 0.25) is 0 Å². The molecule has 1 N–H and O–H groups in total. The first-order valence-electron chi connectivity index (χ1n) is 7.53. The van der Waals surface area contributed by atoms with E-state index in [1.807, 2.05) is 0 Å². The summed E-state index contributed by atoms with van der Waals surface area (Å²) in [5, 5.41) is 3.52. The number of hydrogen-bond acceptors (Lipinski definition) is 2. The predicted octanol–water partition coefficient (Wildman–Crippen LogP) is 3.67. The normalized spacial score (nSPS) is 24.2. The Bertz CT molecular complexity index is 442. The summed E-state index contributed by atoms with van der Waals surface area (Å²) in [4.78, 5) is 2.35. The van der Waals surface area contributed by atoms with Crippen LogP contribution in [0, 0.1) is 0 Å². The summed E-state index contributed by atoms with van der Waals surface area (Å²) in [7, 11) is 0. The standard InChI is InChI=1S/C16H23F3N2/c1-3-4-15-11-21(12(2)9-20-15)10-13-5-7-14(8-6-13)16(17,18)19/h5-8,12,15,20H,3-4,9-11H2,1-2H3. The van der Waals surface area contributed by atoms with Crippen molar-refractivity contribution in [1.29, 1.82) is 0 Å². The molecule has 0 saturated carbocycles. The maximum atomic E-state index is 12.6. The Morgan fingerprint density at radius 3 is 2.48 bits per heavy atom. The maximum absolute atomic E-state index is 12.6. The van der Waals surface area contributed by atoms with E-state index in [9.17, 15) is 13.2 Å². The summed E-state index contributed by atoms with van der Waals surface area (Å²) < 4.78 is 37.7. The number of benzene rings is 1. The summed E-state index contributed by atoms with van der Waals surface area (Å²) >= 11 is 0. The van der Waals surface area contributed by atoms with E-state index in [0.29, 0.717) is 18.6 Å². The van der Waals surface area contributed by atoms with E-state index in [2.05, 4.69) is 24.1 Å². The molecule has 0 amide bonds. The van der Waals surface area contributed by atoms with Crippen LogP contribution >= 0.6 is 0 Å². The van der Waals surface area contributed by atoms with Crippen LogP contribution < -0.4 is 5.32 Å². The van der Waals surface area contributed by atoms with Crippen molar-refractivity contribution in [3.05, 3.63) is 35.4 Å². The zero-order valence-electron chi connectivity index (χ0n) is 12.6. The average Bonchev–Trinajstić information content (AvgIpc) is 2.42. The Hall–Kier alpha value is -1.07. The van der Waals surface area contributed by atoms with Crippen LogP contribution in [-0.2, 0) is 12.7 Å². The van der Waals surface area contributed by atoms with Gasteiger partial charge in [-0.1, -0.05) is 25.5 Å². The van der Waals surface area contributed by atoms with Crippen LogP contribution in [0.25, 0.3) is 0 Å². The van der Waals surface area contributed by atoms with Crippen LogP contribution in [0.4, 0.5) is 13.2 Å². The Labute approximate surface area is 124 Å². The van der Waals surface area contributed by atoms with Gasteiger partial charge in [0.1, 0.15) is 0 Å². The van der Waals surface area contributed by atoms with Crippen molar-refractivity contribution in [1.82, 2.24) is 10.2 Å². The van der Waals surface area contributed by atoms with Crippen molar-refractivity contribution in [2.75, 3.05) is 13.1 Å². The van der Waals surface area contributed by atoms with Gasteiger partial charge in [0.05, 0.1) is 5.56 Å². The molecule has 1 aliphatic heterocycles. The second-order valence-electron chi connectivity index (χ2n) is 5.87. The molecule has 1 heterocycles. The second-order valence-corrected chi connectivity index (χ2v) is 5.87. The third-order valence-corrected chi connectivity index (χ3v) is 4.08. The SMILES string of the molecule is CCCC1CN(Cc2ccc(C(F)(F)F)cc2)C(C)CN1. The molecule has 0 radical (unpaired) electrons. The quantitative estimate of drug-likeness (QED) is 0.913. The fourth-order valence-corrected chi connectivity index (χ4v) is 2.79. The lowest BCUT2D eigenvalue weighted by Gasteiger charge is -2.39. The van der Waals surface area contributed by atoms with Crippen molar-refractivity contribution in [3.8, 4) is 0 Å². The summed E-state index contributed by atoms with van der Waals surface area (Å²) in [5.41, 5.74) is 0.357. The molecule has 1 aromatic carbocycles. The van der Waals surface area contributed by atoms with E-state index in [1.54, 1.807) is 12.1 Å². The fourth-order valence-electron chi connectivity index (χ4n) is 2.79. The molecule has 21 heavy (non-hydrogen) atoms. The van der Waals surface area contributed by atoms with Gasteiger partial charge in [0.25, 0.3) is 0 Å². The number of alkyl halides is 3. The Morgan fingerprint density at radius 2 is 1.90 bits per heavy atom. The number of rotatable bonds is 4. The highest BCUT2D eigenvalue weighted by atomic mass is 19.4. The smallest absolute Gasteiger partial charge is 0.311 e. The van der Waals surface area contributed by atoms with E-state index in [0.717, 1.165) is 31.5 Å². The van der Waals surface area contributed by atoms with E-state index in [1.165, 1.54) is 12.1 Å². The van der Waals surface area contributed by atoms with Crippen LogP contribution in [0.5, 0.6) is 0 Å². The van der Waals surface area contributed by atoms with Crippen molar-refractivity contribution in [2.24, 2.45) is 0 Å². The summed E-state index contributed by atoms with van der Waals surface area (Å²) in [6.07, 6.45) is -1.98. The molecule has 118 valence electrons. The lowest BCUT2D eigenvalue weighted by molar-refractivity contribution is -0.137. The molecule has 1 aromatic rings. The molecule has 5 heteroatoms. The van der Waals surface area contributed by atoms with Crippen molar-refractivity contribution in [3.63, 3.8) is 0 Å². The number of nitrogens with one attached hydrogen (secondary N) is 1. The monoisotopic (exact) mass is 300 g/mol. The van der Waals surface area contributed by atoms with Crippen molar-refractivity contribution in [2.45, 2.75) is 51.5 Å². The molecule has 0 spiro atoms. The first-order valence-corrected chi connectivity index (χ1v) is 7.53. The lowest BCUT2D eigenvalue weighted by atomic mass is 10.0. The highest BCUT2D eigenvalue weighted by Crippen LogP contribution is 2.29. The summed E-state index contributed by atoms with van der Waals surface area (Å²) in [6, 6.07) is 6.41. The second kappa shape index (κ2) is 6.79. The molecule has 1 aliphatic rings. The molecule has 0 bridgehead atoms. The molecule has 2 atom stereocenters. The fraction of sp³-hybridized carbons (Fsp3) is 0.625. The Kier molecular flexibility index (Phi) is 5.27. The van der Waals surface area contributed by atoms with Gasteiger partial charge in [-0.05, 0) is 31.0 Å². The topological polar surface area (TPSA) is 15.3 Å². The number of piperazine rings is 1. The molecule has 0 aromatic heterocycles. The molecule has 1 saturated heterocycles. The third-order valence-electron chi connectivity index (χ3n) is 4.08. The highest BCUT2D eigenvalue weighted by molar-refractivity contribution is 5.24. The van der Waals surface area contributed by atoms with Gasteiger partial charge >= 0.3 is 6.18 Å². The molecule has 2 rings (SSSR count). The van der Waals surface area contributed by atoms with Gasteiger partial charge < -0.3 is 5.32 Å². The Morgan fingerprint density at radius 1 is 1.24 bits per heavy atom. The minimum Gasteiger partial charge on any atom is -0.311 e. The number of hydrogen-bond donors (Lipinski definition) is 1. The van der Waals surface area contributed by atoms with Gasteiger partial charge in [-0.25, -0.2) is 0 Å². The maximum Gasteiger partial charge on any atom is 0.416 e. The van der Waals surface area contributed by atoms with Crippen LogP contribution in [0.1, 0.15) is 37.8 Å². The van der Waals surface area contributed by atoms with Gasteiger partial charge in [-0.15, -0.1) is 0 Å². The zero-order valence-corrected chi connectivity index (χ0v) is 12.6. The molecule has 0 aliphatic carbocycles. The van der Waals surface area contributed by atoms with Crippen LogP contribution in [0.2, 0.25) is 0 Å². The first kappa shape index (κ1) is 16.3. The van der Waals surface area contributed by atoms with Crippen LogP contribution in [0.15, 0.2) is 24.3 Å². The molecular formula is C16H23F3N2. The van der Waals surface area contributed by atoms with Crippen LogP contribution in [-0.4, -0.2) is 30.1 Å². The molecular weight excluding hydrogens is 277 g/mol. The van der Waals surface area contributed by atoms with Gasteiger partial charge in [-0.3, -0.25) is 4.90 Å². The van der Waals surface area contributed by atoms with Gasteiger partial charge in [0.15, 0.2) is 0 Å². The molecule has 2 unspecified atom stereocenters. The number of halogens is 3. The predicted molar refractivity (Wildman–Crippen MR) is 78.0 cm³/mol. The lowest BCUT2D eigenvalue weighted by Crippen LogP contribution is -2.54. The Balaban J connectivity index is 1.99. The van der Waals surface area contributed by atoms with E-state index >= 15 is 0 Å². The largest absolute Gasteiger partial charge is 0.416 e. The van der Waals surface area contributed by atoms with Gasteiger partial charge in [-0.2, -0.15) is 13.2 Å². The number of nitrogens with zero attached hydrogens (tertiary/aromatic N) is 1. The van der Waals surface area contributed by atoms with E-state index in [4.69, 9.17) is 0 Å². The van der Waals surface area contributed by atoms with E-state index < -0.39 is 11.7 Å². The zero-order chi connectivity index (χ0) is 15.5. The van der Waals surface area contributed by atoms with Crippen LogP contribution in [0.3, 0.4) is 0 Å². The minimum absolute atomic E-state index is 0.403. The molecule has 1 fully saturated rings. The van der Waals surface area contributed by atoms with Crippen molar-refractivity contribution >= 4 is 0 Å². The third kappa shape index (κ3) is 4.45. The highest BCUT2D eigenvalue weighted by Gasteiger charge is 2.30. The van der Waals surface area contributed by atoms with E-state index in [-0.39, 0.29) is 0 Å². The van der Waals surface area contributed by atoms with Gasteiger partial charge in [0, 0.05) is 31.7 Å². The average molecular weight is 300 g/mol. The van der Waals surface area contributed by atoms with Crippen molar-refractivity contribution < 1.29 is 13.2 Å². The first-order chi connectivity index (χ1) is 9.90.